The first-order chi connectivity index (χ1) is 10.0. The minimum absolute atomic E-state index is 0.0606. The van der Waals surface area contributed by atoms with Gasteiger partial charge in [0.2, 0.25) is 5.91 Å². The molecule has 1 atom stereocenters. The molecule has 0 saturated heterocycles. The lowest BCUT2D eigenvalue weighted by molar-refractivity contribution is -0.128. The zero-order valence-electron chi connectivity index (χ0n) is 15.9. The molecule has 0 saturated carbocycles. The number of amides is 1. The van der Waals surface area contributed by atoms with Gasteiger partial charge in [-0.1, -0.05) is 59.7 Å². The molecule has 0 heterocycles. The summed E-state index contributed by atoms with van der Waals surface area (Å²) < 4.78 is 0. The lowest BCUT2D eigenvalue weighted by Gasteiger charge is -2.40. The van der Waals surface area contributed by atoms with Crippen LogP contribution in [0.5, 0.6) is 0 Å². The van der Waals surface area contributed by atoms with E-state index in [4.69, 9.17) is 0 Å². The number of hydrogen-bond donors (Lipinski definition) is 0. The van der Waals surface area contributed by atoms with Gasteiger partial charge in [-0.05, 0) is 17.8 Å². The number of rotatable bonds is 9. The Bertz CT molecular complexity index is 357. The Morgan fingerprint density at radius 1 is 0.955 bits per heavy atom. The molecule has 0 aromatic carbocycles. The first-order valence-electron chi connectivity index (χ1n) is 8.63. The van der Waals surface area contributed by atoms with E-state index in [9.17, 15) is 10.1 Å². The molecule has 1 amide bonds. The Labute approximate surface area is 139 Å². The molecule has 3 nitrogen and oxygen atoms in total. The lowest BCUT2D eigenvalue weighted by atomic mass is 10.2. The fraction of sp³-hybridized carbons (Fsp3) is 0.889. The quantitative estimate of drug-likeness (QED) is 0.573. The van der Waals surface area contributed by atoms with Gasteiger partial charge in [0.05, 0.1) is 14.1 Å². The Hall–Kier alpha value is -0.823. The summed E-state index contributed by atoms with van der Waals surface area (Å²) in [6.07, 6.45) is 0.405. The summed E-state index contributed by atoms with van der Waals surface area (Å²) in [7, 11) is 1.74. The van der Waals surface area contributed by atoms with E-state index in [0.29, 0.717) is 24.2 Å². The van der Waals surface area contributed by atoms with Crippen molar-refractivity contribution in [2.24, 2.45) is 17.8 Å². The van der Waals surface area contributed by atoms with Crippen LogP contribution in [0.3, 0.4) is 0 Å². The zero-order chi connectivity index (χ0) is 17.5. The van der Waals surface area contributed by atoms with E-state index in [-0.39, 0.29) is 11.4 Å². The molecule has 0 N–H and O–H groups in total. The molecule has 0 aliphatic carbocycles. The third-order valence-electron chi connectivity index (χ3n) is 4.22. The first kappa shape index (κ1) is 21.2. The van der Waals surface area contributed by atoms with Crippen molar-refractivity contribution in [3.8, 4) is 6.07 Å². The monoisotopic (exact) mass is 324 g/mol. The van der Waals surface area contributed by atoms with Crippen LogP contribution < -0.4 is 0 Å². The van der Waals surface area contributed by atoms with Gasteiger partial charge in [0.15, 0.2) is 0 Å². The van der Waals surface area contributed by atoms with Crippen LogP contribution in [0.15, 0.2) is 0 Å². The molecule has 0 radical (unpaired) electrons. The predicted octanol–water partition coefficient (Wildman–Crippen LogP) is 4.78. The van der Waals surface area contributed by atoms with Crippen molar-refractivity contribution in [3.05, 3.63) is 0 Å². The number of nitriles is 1. The molecule has 0 bridgehead atoms. The van der Waals surface area contributed by atoms with Gasteiger partial charge >= 0.3 is 0 Å². The highest BCUT2D eigenvalue weighted by Gasteiger charge is 2.43. The van der Waals surface area contributed by atoms with Crippen molar-refractivity contribution in [1.82, 2.24) is 4.90 Å². The van der Waals surface area contributed by atoms with E-state index in [2.05, 4.69) is 47.6 Å². The van der Waals surface area contributed by atoms with E-state index in [1.165, 1.54) is 0 Å². The molecule has 22 heavy (non-hydrogen) atoms. The molecule has 0 spiro atoms. The van der Waals surface area contributed by atoms with Crippen LogP contribution in [0.4, 0.5) is 0 Å². The number of carbonyl (C=O) groups excluding carboxylic acids is 1. The Kier molecular flexibility index (Phi) is 9.00. The Morgan fingerprint density at radius 3 is 1.55 bits per heavy atom. The highest BCUT2D eigenvalue weighted by Crippen LogP contribution is 2.42. The molecule has 1 unspecified atom stereocenters. The standard InChI is InChI=1S/C18H36N2OSi/c1-14(2)11-22(12-15(3)4,13-16(5)6)17(10-19)9-18(21)20(7)8/h14-17H,9,11-13H2,1-8H3. The van der Waals surface area contributed by atoms with Crippen LogP contribution in [0.25, 0.3) is 0 Å². The van der Waals surface area contributed by atoms with Crippen molar-refractivity contribution < 1.29 is 4.79 Å². The second-order valence-corrected chi connectivity index (χ2v) is 13.0. The smallest absolute Gasteiger partial charge is 0.223 e. The molecule has 0 aromatic heterocycles. The highest BCUT2D eigenvalue weighted by molar-refractivity contribution is 6.82. The molecule has 4 heteroatoms. The van der Waals surface area contributed by atoms with Gasteiger partial charge in [0.1, 0.15) is 0 Å². The molecular formula is C18H36N2OSi. The molecule has 0 fully saturated rings. The zero-order valence-corrected chi connectivity index (χ0v) is 16.9. The van der Waals surface area contributed by atoms with Gasteiger partial charge in [-0.25, -0.2) is 0 Å². The molecular weight excluding hydrogens is 288 g/mol. The predicted molar refractivity (Wildman–Crippen MR) is 97.4 cm³/mol. The molecule has 0 rings (SSSR count). The molecule has 128 valence electrons. The highest BCUT2D eigenvalue weighted by atomic mass is 28.3. The maximum atomic E-state index is 12.2. The second-order valence-electron chi connectivity index (χ2n) is 8.33. The average Bonchev–Trinajstić information content (AvgIpc) is 2.32. The van der Waals surface area contributed by atoms with Crippen molar-refractivity contribution in [2.75, 3.05) is 14.1 Å². The number of hydrogen-bond acceptors (Lipinski definition) is 2. The summed E-state index contributed by atoms with van der Waals surface area (Å²) in [5.41, 5.74) is -0.0606. The number of carbonyl (C=O) groups is 1. The van der Waals surface area contributed by atoms with Gasteiger partial charge < -0.3 is 4.90 Å². The molecule has 0 aliphatic rings. The van der Waals surface area contributed by atoms with Crippen molar-refractivity contribution in [3.63, 3.8) is 0 Å². The Morgan fingerprint density at radius 2 is 1.32 bits per heavy atom. The van der Waals surface area contributed by atoms with Crippen molar-refractivity contribution in [2.45, 2.75) is 71.6 Å². The third kappa shape index (κ3) is 6.96. The minimum Gasteiger partial charge on any atom is -0.349 e. The summed E-state index contributed by atoms with van der Waals surface area (Å²) in [4.78, 5) is 13.8. The van der Waals surface area contributed by atoms with Crippen LogP contribution in [0, 0.1) is 29.1 Å². The Balaban J connectivity index is 5.62. The van der Waals surface area contributed by atoms with Crippen LogP contribution in [-0.2, 0) is 4.79 Å². The summed E-state index contributed by atoms with van der Waals surface area (Å²) in [6, 6.07) is 6.02. The largest absolute Gasteiger partial charge is 0.349 e. The van der Waals surface area contributed by atoms with E-state index in [0.717, 1.165) is 18.1 Å². The average molecular weight is 325 g/mol. The van der Waals surface area contributed by atoms with Gasteiger partial charge in [-0.3, -0.25) is 4.79 Å². The summed E-state index contributed by atoms with van der Waals surface area (Å²) >= 11 is 0. The van der Waals surface area contributed by atoms with Crippen LogP contribution in [-0.4, -0.2) is 33.0 Å². The molecule has 0 aliphatic heterocycles. The van der Waals surface area contributed by atoms with E-state index >= 15 is 0 Å². The van der Waals surface area contributed by atoms with Crippen LogP contribution >= 0.6 is 0 Å². The maximum absolute atomic E-state index is 12.2. The summed E-state index contributed by atoms with van der Waals surface area (Å²) in [5, 5.41) is 9.84. The SMILES string of the molecule is CC(C)C[Si](CC(C)C)(CC(C)C)C(C#N)CC(=O)N(C)C. The summed E-state index contributed by atoms with van der Waals surface area (Å²) in [6.45, 7) is 13.5. The van der Waals surface area contributed by atoms with Crippen molar-refractivity contribution >= 4 is 14.0 Å². The lowest BCUT2D eigenvalue weighted by Crippen LogP contribution is -2.44. The van der Waals surface area contributed by atoms with E-state index in [1.54, 1.807) is 19.0 Å². The van der Waals surface area contributed by atoms with Crippen LogP contribution in [0.1, 0.15) is 48.0 Å². The van der Waals surface area contributed by atoms with Gasteiger partial charge in [0.25, 0.3) is 0 Å². The number of nitrogens with zero attached hydrogens (tertiary/aromatic N) is 2. The van der Waals surface area contributed by atoms with Gasteiger partial charge in [-0.15, -0.1) is 0 Å². The fourth-order valence-electron chi connectivity index (χ4n) is 3.87. The third-order valence-corrected chi connectivity index (χ3v) is 10.9. The molecule has 0 aromatic rings. The van der Waals surface area contributed by atoms with E-state index in [1.807, 2.05) is 0 Å². The van der Waals surface area contributed by atoms with E-state index < -0.39 is 8.07 Å². The normalized spacial score (nSPS) is 13.5. The van der Waals surface area contributed by atoms with Gasteiger partial charge in [0, 0.05) is 26.1 Å². The minimum atomic E-state index is -1.83. The van der Waals surface area contributed by atoms with Crippen molar-refractivity contribution in [1.29, 1.82) is 5.26 Å². The fourth-order valence-corrected chi connectivity index (χ4v) is 11.0. The maximum Gasteiger partial charge on any atom is 0.223 e. The second kappa shape index (κ2) is 9.35. The van der Waals surface area contributed by atoms with Crippen LogP contribution in [0.2, 0.25) is 23.7 Å². The first-order valence-corrected chi connectivity index (χ1v) is 11.3. The topological polar surface area (TPSA) is 44.1 Å². The summed E-state index contributed by atoms with van der Waals surface area (Å²) in [5.74, 6) is 1.87. The van der Waals surface area contributed by atoms with Gasteiger partial charge in [-0.2, -0.15) is 5.26 Å².